The van der Waals surface area contributed by atoms with Crippen LogP contribution in [0.1, 0.15) is 216 Å². The predicted molar refractivity (Wildman–Crippen MR) is 500 cm³/mol. The van der Waals surface area contributed by atoms with Gasteiger partial charge in [-0.25, -0.2) is 9.97 Å². The van der Waals surface area contributed by atoms with E-state index >= 15 is 0 Å². The number of fused-ring (bicyclic) bond motifs is 1. The number of rotatable bonds is 53. The molecule has 9 aromatic rings. The Balaban J connectivity index is 0.000000268. The third kappa shape index (κ3) is 43.7. The smallest absolute Gasteiger partial charge is 0.303 e. The van der Waals surface area contributed by atoms with Gasteiger partial charge in [0.05, 0.1) is 50.2 Å². The lowest BCUT2D eigenvalue weighted by molar-refractivity contribution is -0.384. The Morgan fingerprint density at radius 3 is 1.33 bits per heavy atom. The summed E-state index contributed by atoms with van der Waals surface area (Å²) in [6.45, 7) is 7.57. The summed E-state index contributed by atoms with van der Waals surface area (Å²) >= 11 is 12.0. The molecule has 129 heavy (non-hydrogen) atoms. The number of carbonyl (C=O) groups is 11. The number of carboxylic acid groups (broad SMARTS) is 4. The number of anilines is 2. The molecule has 3 aromatic heterocycles. The number of carboxylic acids is 4. The van der Waals surface area contributed by atoms with Crippen LogP contribution >= 0.6 is 23.2 Å². The van der Waals surface area contributed by atoms with Crippen LogP contribution in [-0.4, -0.2) is 150 Å². The Hall–Kier alpha value is -13.2. The van der Waals surface area contributed by atoms with Gasteiger partial charge in [0.2, 0.25) is 17.7 Å². The van der Waals surface area contributed by atoms with Crippen LogP contribution in [0.5, 0.6) is 0 Å². The molecule has 4 atom stereocenters. The second-order valence-electron chi connectivity index (χ2n) is 31.7. The number of aliphatic carboxylic acids is 4. The van der Waals surface area contributed by atoms with Gasteiger partial charge in [-0.15, -0.1) is 0 Å². The van der Waals surface area contributed by atoms with Crippen molar-refractivity contribution >= 4 is 122 Å². The lowest BCUT2D eigenvalue weighted by atomic mass is 9.89. The van der Waals surface area contributed by atoms with Gasteiger partial charge in [0, 0.05) is 141 Å². The molecule has 31 heteroatoms. The summed E-state index contributed by atoms with van der Waals surface area (Å²) in [5.41, 5.74) is 19.7. The van der Waals surface area contributed by atoms with E-state index in [0.29, 0.717) is 85.8 Å². The van der Waals surface area contributed by atoms with E-state index in [4.69, 9.17) is 39.8 Å². The fraction of sp³-hybridized carbons (Fsp3) is 0.378. The molecule has 0 spiro atoms. The lowest BCUT2D eigenvalue weighted by Gasteiger charge is -2.16. The average Bonchev–Trinajstić information content (AvgIpc) is 0.795. The van der Waals surface area contributed by atoms with E-state index < -0.39 is 52.5 Å². The zero-order chi connectivity index (χ0) is 93.8. The maximum atomic E-state index is 12.7. The molecule has 29 nitrogen and oxygen atoms in total. The first-order chi connectivity index (χ1) is 61.8. The second kappa shape index (κ2) is 58.3. The first-order valence-electron chi connectivity index (χ1n) is 43.2. The standard InChI is InChI=1S/C33H35N3O4.C24H30N2O5.C23H27Cl2N3O4.C18H26N4O4/c1-23-16-18-35-31(19-23)34-17-5-4-11-32(38)36-22-28(37)20-27(21-33(39)40)24-12-14-26(15-13-24)30-10-6-8-25-7-2-3-9-29(25)30;1-18-12-13-25-21(14-18)9-5-3-2-4-6-11-23(27)16-20(17-24(28)29)19-8-7-10-22(15-19)26(30)31;1-15-5-7-27-21(8-15)26-6-3-2-4-22(30)28-14-20(29)11-17(12-23(31)32)16-9-18(24)13-19(25)10-16;19-18(20)21-9-5-4-8-16(24)22-12-15(23)10-14(11-17(25)26)13-6-2-1-3-7-13/h2-3,6-10,12-16,18-19,27H,4-5,11,17,20-22H2,1H3,(H,34,35)(H,36,38)(H,39,40);7-8,10,12-15,20H,2-6,9,11,16-17H2,1H3,(H,28,29);5,7-10,13,17H,2-4,6,11-12,14H2,1H3,(H,26,27)(H,28,30)(H,31,32);1-3,6-7,14H,4-5,8-12H2,(H,22,24)(H,25,26)(H4,19,20,21). The number of unbranched alkanes of at least 4 members (excludes halogenated alkanes) is 7. The SMILES string of the molecule is Cc1ccnc(CCCCCCCC(=O)CC(CC(=O)O)c2cccc([N+](=O)[O-])c2)c1.Cc1ccnc(NCCCCC(=O)NCC(=O)CC(CC(=O)O)c2cc(Cl)cc(Cl)c2)c1.Cc1ccnc(NCCCCC(=O)NCC(=O)CC(CC(=O)O)c2ccc(-c3cccc4ccccc34)cc2)c1.NC(N)=NCCCCC(=O)NCC(=O)CC(CC(=O)O)c1ccccc1. The van der Waals surface area contributed by atoms with Crippen LogP contribution in [0, 0.1) is 30.9 Å². The Labute approximate surface area is 762 Å². The molecule has 686 valence electrons. The highest BCUT2D eigenvalue weighted by Gasteiger charge is 2.26. The van der Waals surface area contributed by atoms with Gasteiger partial charge in [0.25, 0.3) is 5.69 Å². The van der Waals surface area contributed by atoms with Crippen LogP contribution in [0.2, 0.25) is 10.0 Å². The number of hydrogen-bond donors (Lipinski definition) is 11. The number of nitrogens with one attached hydrogen (secondary N) is 5. The minimum atomic E-state index is -1.03. The van der Waals surface area contributed by atoms with Crippen LogP contribution in [0.4, 0.5) is 17.3 Å². The van der Waals surface area contributed by atoms with Crippen molar-refractivity contribution in [3.05, 3.63) is 259 Å². The van der Waals surface area contributed by atoms with Crippen molar-refractivity contribution in [2.75, 3.05) is 49.9 Å². The number of carbonyl (C=O) groups excluding carboxylic acids is 7. The number of nitro groups is 1. The van der Waals surface area contributed by atoms with Gasteiger partial charge >= 0.3 is 23.9 Å². The molecule has 4 unspecified atom stereocenters. The molecule has 0 bridgehead atoms. The zero-order valence-corrected chi connectivity index (χ0v) is 74.8. The van der Waals surface area contributed by atoms with E-state index in [-0.39, 0.29) is 130 Å². The summed E-state index contributed by atoms with van der Waals surface area (Å²) < 4.78 is 0. The predicted octanol–water partition coefficient (Wildman–Crippen LogP) is 16.9. The van der Waals surface area contributed by atoms with Crippen LogP contribution in [0.3, 0.4) is 0 Å². The number of ketones is 4. The lowest BCUT2D eigenvalue weighted by Crippen LogP contribution is -2.30. The summed E-state index contributed by atoms with van der Waals surface area (Å²) in [4.78, 5) is 158. The molecule has 0 aliphatic heterocycles. The number of aromatic nitrogens is 3. The highest BCUT2D eigenvalue weighted by Crippen LogP contribution is 2.34. The third-order valence-corrected chi connectivity index (χ3v) is 21.2. The molecule has 0 aliphatic rings. The van der Waals surface area contributed by atoms with Gasteiger partial charge in [-0.05, 0) is 194 Å². The van der Waals surface area contributed by atoms with Crippen molar-refractivity contribution in [2.24, 2.45) is 16.5 Å². The van der Waals surface area contributed by atoms with Gasteiger partial charge in [-0.1, -0.05) is 152 Å². The Kier molecular flexibility index (Phi) is 47.3. The molecule has 6 aromatic carbocycles. The number of pyridine rings is 3. The summed E-state index contributed by atoms with van der Waals surface area (Å²) in [6.07, 6.45) is 16.2. The number of aliphatic imine (C=N–C) groups is 1. The van der Waals surface area contributed by atoms with Gasteiger partial charge < -0.3 is 58.5 Å². The molecule has 0 radical (unpaired) electrons. The number of nitrogens with two attached hydrogens (primary N) is 2. The molecular formula is C98H118Cl2N12O17. The summed E-state index contributed by atoms with van der Waals surface area (Å²) in [5, 5.41) is 65.2. The van der Waals surface area contributed by atoms with Crippen molar-refractivity contribution in [3.63, 3.8) is 0 Å². The van der Waals surface area contributed by atoms with Crippen molar-refractivity contribution in [1.29, 1.82) is 0 Å². The third-order valence-electron chi connectivity index (χ3n) is 20.8. The largest absolute Gasteiger partial charge is 0.481 e. The zero-order valence-electron chi connectivity index (χ0n) is 73.2. The summed E-state index contributed by atoms with van der Waals surface area (Å²) in [7, 11) is 0. The quantitative estimate of drug-likeness (QED) is 0.00554. The van der Waals surface area contributed by atoms with Crippen molar-refractivity contribution in [3.8, 4) is 11.1 Å². The Morgan fingerprint density at radius 1 is 0.411 bits per heavy atom. The topological polar surface area (TPSA) is 475 Å². The number of hydrogen-bond acceptors (Lipinski definition) is 19. The average molecular weight is 1810 g/mol. The number of aryl methyl sites for hydroxylation is 4. The normalized spacial score (nSPS) is 11.6. The van der Waals surface area contributed by atoms with E-state index in [1.807, 2.05) is 98.9 Å². The van der Waals surface area contributed by atoms with Gasteiger partial charge in [-0.2, -0.15) is 0 Å². The number of nitro benzene ring substituents is 1. The molecule has 13 N–H and O–H groups in total. The summed E-state index contributed by atoms with van der Waals surface area (Å²) in [5.74, 6) is -5.60. The maximum Gasteiger partial charge on any atom is 0.303 e. The van der Waals surface area contributed by atoms with E-state index in [0.717, 1.165) is 113 Å². The number of halogens is 2. The number of nitrogens with zero attached hydrogens (tertiary/aromatic N) is 5. The highest BCUT2D eigenvalue weighted by atomic mass is 35.5. The van der Waals surface area contributed by atoms with Gasteiger partial charge in [-0.3, -0.25) is 72.8 Å². The number of amides is 3. The maximum absolute atomic E-state index is 12.7. The molecule has 0 saturated heterocycles. The fourth-order valence-electron chi connectivity index (χ4n) is 14.2. The second-order valence-corrected chi connectivity index (χ2v) is 32.5. The minimum absolute atomic E-state index is 0.00159. The molecule has 0 fully saturated rings. The summed E-state index contributed by atoms with van der Waals surface area (Å²) in [6, 6.07) is 53.6. The molecule has 3 amide bonds. The first-order valence-corrected chi connectivity index (χ1v) is 44.0. The van der Waals surface area contributed by atoms with Gasteiger partial charge in [0.15, 0.2) is 23.3 Å². The number of Topliss-reactive ketones (excluding diaryl/α,β-unsaturated/α-hetero) is 4. The molecule has 3 heterocycles. The van der Waals surface area contributed by atoms with Crippen LogP contribution in [0.15, 0.2) is 200 Å². The molecular weight excluding hydrogens is 1690 g/mol. The van der Waals surface area contributed by atoms with E-state index in [2.05, 4.69) is 83.8 Å². The van der Waals surface area contributed by atoms with Crippen LogP contribution in [0.25, 0.3) is 21.9 Å². The van der Waals surface area contributed by atoms with E-state index in [1.54, 1.807) is 60.9 Å². The van der Waals surface area contributed by atoms with Crippen LogP contribution < -0.4 is 38.1 Å². The van der Waals surface area contributed by atoms with Crippen molar-refractivity contribution in [1.82, 2.24) is 30.9 Å². The van der Waals surface area contributed by atoms with Gasteiger partial charge in [0.1, 0.15) is 17.4 Å². The van der Waals surface area contributed by atoms with E-state index in [9.17, 15) is 78.2 Å². The number of guanidine groups is 1. The van der Waals surface area contributed by atoms with Crippen molar-refractivity contribution < 1.29 is 78.1 Å². The van der Waals surface area contributed by atoms with Crippen molar-refractivity contribution in [2.45, 2.75) is 199 Å². The Morgan fingerprint density at radius 2 is 0.829 bits per heavy atom. The number of benzene rings is 6. The molecule has 0 saturated carbocycles. The Bertz CT molecular complexity index is 5170. The van der Waals surface area contributed by atoms with E-state index in [1.165, 1.54) is 23.8 Å². The number of non-ortho nitro benzene ring substituents is 1. The minimum Gasteiger partial charge on any atom is -0.481 e. The first kappa shape index (κ1) is 105. The fourth-order valence-corrected chi connectivity index (χ4v) is 14.8. The van der Waals surface area contributed by atoms with Crippen LogP contribution in [-0.2, 0) is 59.2 Å². The molecule has 9 rings (SSSR count). The molecule has 0 aliphatic carbocycles. The monoisotopic (exact) mass is 1800 g/mol. The highest BCUT2D eigenvalue weighted by molar-refractivity contribution is 6.34.